The highest BCUT2D eigenvalue weighted by molar-refractivity contribution is 5.01. The molecule has 1 aromatic rings. The van der Waals surface area contributed by atoms with Gasteiger partial charge in [0.25, 0.3) is 0 Å². The molecule has 0 aromatic carbocycles. The van der Waals surface area contributed by atoms with Gasteiger partial charge in [0.2, 0.25) is 0 Å². The highest BCUT2D eigenvalue weighted by Crippen LogP contribution is 2.09. The van der Waals surface area contributed by atoms with Crippen LogP contribution in [0.15, 0.2) is 22.8 Å². The molecule has 78 valence electrons. The van der Waals surface area contributed by atoms with Gasteiger partial charge < -0.3 is 15.1 Å². The normalized spacial score (nSPS) is 20.9. The van der Waals surface area contributed by atoms with Gasteiger partial charge in [-0.1, -0.05) is 0 Å². The van der Waals surface area contributed by atoms with Crippen LogP contribution in [0.1, 0.15) is 31.1 Å². The molecule has 1 atom stereocenters. The Morgan fingerprint density at radius 3 is 2.71 bits per heavy atom. The maximum absolute atomic E-state index is 5.48. The first kappa shape index (κ1) is 9.74. The van der Waals surface area contributed by atoms with E-state index in [2.05, 4.69) is 11.8 Å². The number of hydrogen-bond donors (Lipinski definition) is 2. The fourth-order valence-electron chi connectivity index (χ4n) is 2.39. The van der Waals surface area contributed by atoms with E-state index in [-0.39, 0.29) is 0 Å². The topological polar surface area (TPSA) is 45.2 Å². The zero-order chi connectivity index (χ0) is 9.80. The van der Waals surface area contributed by atoms with Gasteiger partial charge in [0.1, 0.15) is 6.54 Å². The van der Waals surface area contributed by atoms with Gasteiger partial charge in [-0.15, -0.1) is 0 Å². The second-order valence-electron chi connectivity index (χ2n) is 4.08. The Morgan fingerprint density at radius 1 is 1.36 bits per heavy atom. The highest BCUT2D eigenvalue weighted by atomic mass is 16.3. The summed E-state index contributed by atoms with van der Waals surface area (Å²) >= 11 is 0. The molecule has 0 aliphatic carbocycles. The van der Waals surface area contributed by atoms with Crippen molar-refractivity contribution in [3.63, 3.8) is 0 Å². The minimum Gasteiger partial charge on any atom is -0.463 e. The van der Waals surface area contributed by atoms with Crippen LogP contribution >= 0.6 is 0 Å². The average molecular weight is 196 g/mol. The lowest BCUT2D eigenvalue weighted by atomic mass is 10.1. The van der Waals surface area contributed by atoms with E-state index in [0.29, 0.717) is 6.04 Å². The van der Waals surface area contributed by atoms with Crippen molar-refractivity contribution in [3.8, 4) is 0 Å². The van der Waals surface area contributed by atoms with Gasteiger partial charge in [0, 0.05) is 0 Å². The smallest absolute Gasteiger partial charge is 0.195 e. The Labute approximate surface area is 84.9 Å². The molecule has 2 rings (SSSR count). The number of furan rings is 1. The van der Waals surface area contributed by atoms with Crippen molar-refractivity contribution in [2.75, 3.05) is 19.6 Å². The molecule has 2 heterocycles. The van der Waals surface area contributed by atoms with Gasteiger partial charge in [0.15, 0.2) is 11.8 Å². The molecule has 0 bridgehead atoms. The Balaban J connectivity index is 2.04. The van der Waals surface area contributed by atoms with Crippen molar-refractivity contribution in [3.05, 3.63) is 24.2 Å². The minimum absolute atomic E-state index is 0.477. The molecule has 1 fully saturated rings. The summed E-state index contributed by atoms with van der Waals surface area (Å²) in [6, 6.07) is 4.53. The molecule has 0 unspecified atom stereocenters. The van der Waals surface area contributed by atoms with Crippen LogP contribution in [-0.2, 0) is 0 Å². The number of rotatable bonds is 3. The first-order chi connectivity index (χ1) is 6.92. The molecule has 0 radical (unpaired) electrons. The first-order valence-corrected chi connectivity index (χ1v) is 5.59. The number of piperidine rings is 1. The van der Waals surface area contributed by atoms with Crippen LogP contribution in [0, 0.1) is 0 Å². The fraction of sp³-hybridized carbons (Fsp3) is 0.636. The molecule has 1 aliphatic rings. The number of likely N-dealkylation sites (tertiary alicyclic amines) is 1. The molecular formula is C11H20N2O+2. The number of quaternary nitrogens is 2. The molecule has 0 spiro atoms. The first-order valence-electron chi connectivity index (χ1n) is 5.59. The van der Waals surface area contributed by atoms with Crippen LogP contribution < -0.4 is 10.6 Å². The van der Waals surface area contributed by atoms with Crippen LogP contribution in [0.25, 0.3) is 0 Å². The van der Waals surface area contributed by atoms with Gasteiger partial charge >= 0.3 is 0 Å². The van der Waals surface area contributed by atoms with Gasteiger partial charge in [-0.3, -0.25) is 0 Å². The molecule has 1 aromatic heterocycles. The lowest BCUT2D eigenvalue weighted by molar-refractivity contribution is -0.943. The lowest BCUT2D eigenvalue weighted by Gasteiger charge is -2.28. The summed E-state index contributed by atoms with van der Waals surface area (Å²) in [5.41, 5.74) is 4.04. The molecular weight excluding hydrogens is 176 g/mol. The summed E-state index contributed by atoms with van der Waals surface area (Å²) in [6.45, 7) is 3.49. The largest absolute Gasteiger partial charge is 0.463 e. The maximum Gasteiger partial charge on any atom is 0.195 e. The summed E-state index contributed by atoms with van der Waals surface area (Å²) in [5, 5.41) is 0. The van der Waals surface area contributed by atoms with Crippen molar-refractivity contribution >= 4 is 0 Å². The second-order valence-corrected chi connectivity index (χ2v) is 4.08. The lowest BCUT2D eigenvalue weighted by Crippen LogP contribution is -3.14. The summed E-state index contributed by atoms with van der Waals surface area (Å²) in [7, 11) is 0. The van der Waals surface area contributed by atoms with Gasteiger partial charge in [0.05, 0.1) is 19.4 Å². The quantitative estimate of drug-likeness (QED) is 0.681. The van der Waals surface area contributed by atoms with Crippen LogP contribution in [0.2, 0.25) is 0 Å². The summed E-state index contributed by atoms with van der Waals surface area (Å²) in [6.07, 6.45) is 5.87. The molecule has 4 N–H and O–H groups in total. The third-order valence-electron chi connectivity index (χ3n) is 3.16. The predicted octanol–water partition coefficient (Wildman–Crippen LogP) is -0.369. The summed E-state index contributed by atoms with van der Waals surface area (Å²) < 4.78 is 5.48. The molecule has 3 nitrogen and oxygen atoms in total. The SMILES string of the molecule is [NH3+]C[C@@H](c1ccco1)[NH+]1CCCCC1. The third-order valence-corrected chi connectivity index (χ3v) is 3.16. The predicted molar refractivity (Wildman–Crippen MR) is 53.8 cm³/mol. The number of nitrogens with one attached hydrogen (secondary N) is 1. The maximum atomic E-state index is 5.48. The van der Waals surface area contributed by atoms with Crippen molar-refractivity contribution < 1.29 is 15.1 Å². The minimum atomic E-state index is 0.477. The standard InChI is InChI=1S/C11H18N2O/c12-9-10(11-5-4-8-14-11)13-6-2-1-3-7-13/h4-5,8,10H,1-3,6-7,9,12H2/p+2/t10-/m0/s1. The van der Waals surface area contributed by atoms with Gasteiger partial charge in [-0.2, -0.15) is 0 Å². The Hall–Kier alpha value is -0.800. The van der Waals surface area contributed by atoms with Crippen LogP contribution in [-0.4, -0.2) is 19.6 Å². The average Bonchev–Trinajstić information content (AvgIpc) is 2.74. The van der Waals surface area contributed by atoms with E-state index >= 15 is 0 Å². The van der Waals surface area contributed by atoms with Crippen LogP contribution in [0.3, 0.4) is 0 Å². The summed E-state index contributed by atoms with van der Waals surface area (Å²) in [5.74, 6) is 1.11. The summed E-state index contributed by atoms with van der Waals surface area (Å²) in [4.78, 5) is 1.65. The zero-order valence-electron chi connectivity index (χ0n) is 8.67. The van der Waals surface area contributed by atoms with E-state index in [9.17, 15) is 0 Å². The Morgan fingerprint density at radius 2 is 2.14 bits per heavy atom. The fourth-order valence-corrected chi connectivity index (χ4v) is 2.39. The van der Waals surface area contributed by atoms with E-state index in [0.717, 1.165) is 12.3 Å². The van der Waals surface area contributed by atoms with E-state index in [1.807, 2.05) is 6.07 Å². The molecule has 1 saturated heterocycles. The monoisotopic (exact) mass is 196 g/mol. The molecule has 1 aliphatic heterocycles. The van der Waals surface area contributed by atoms with E-state index in [1.165, 1.54) is 32.4 Å². The molecule has 14 heavy (non-hydrogen) atoms. The van der Waals surface area contributed by atoms with Gasteiger partial charge in [-0.05, 0) is 31.4 Å². The van der Waals surface area contributed by atoms with Crippen molar-refractivity contribution in [1.82, 2.24) is 0 Å². The zero-order valence-corrected chi connectivity index (χ0v) is 8.67. The molecule has 0 amide bonds. The third kappa shape index (κ3) is 1.99. The van der Waals surface area contributed by atoms with Gasteiger partial charge in [-0.25, -0.2) is 0 Å². The number of hydrogen-bond acceptors (Lipinski definition) is 1. The van der Waals surface area contributed by atoms with Crippen molar-refractivity contribution in [1.29, 1.82) is 0 Å². The Kier molecular flexibility index (Phi) is 3.22. The second kappa shape index (κ2) is 4.62. The highest BCUT2D eigenvalue weighted by Gasteiger charge is 2.28. The molecule has 0 saturated carbocycles. The van der Waals surface area contributed by atoms with Crippen LogP contribution in [0.4, 0.5) is 0 Å². The van der Waals surface area contributed by atoms with Crippen molar-refractivity contribution in [2.24, 2.45) is 0 Å². The van der Waals surface area contributed by atoms with Crippen LogP contribution in [0.5, 0.6) is 0 Å². The van der Waals surface area contributed by atoms with Crippen molar-refractivity contribution in [2.45, 2.75) is 25.3 Å². The van der Waals surface area contributed by atoms with E-state index in [4.69, 9.17) is 4.42 Å². The van der Waals surface area contributed by atoms with E-state index < -0.39 is 0 Å². The Bertz CT molecular complexity index is 252. The van der Waals surface area contributed by atoms with E-state index in [1.54, 1.807) is 11.2 Å². The molecule has 3 heteroatoms.